The number of hydrogen-bond acceptors (Lipinski definition) is 13. The fourth-order valence-corrected chi connectivity index (χ4v) is 5.89. The third kappa shape index (κ3) is 7.52. The molecule has 5 aromatic rings. The minimum absolute atomic E-state index is 0.00904. The van der Waals surface area contributed by atoms with Crippen LogP contribution in [0.5, 0.6) is 5.75 Å². The molecule has 1 aromatic carbocycles. The Balaban J connectivity index is 1.21. The number of carbonyl (C=O) groups excluding carboxylic acids is 1. The summed E-state index contributed by atoms with van der Waals surface area (Å²) in [7, 11) is 1.60. The second-order valence-corrected chi connectivity index (χ2v) is 12.7. The van der Waals surface area contributed by atoms with Crippen molar-refractivity contribution in [3.05, 3.63) is 94.4 Å². The smallest absolute Gasteiger partial charge is 0.225 e. The highest BCUT2D eigenvalue weighted by Crippen LogP contribution is 2.34. The van der Waals surface area contributed by atoms with E-state index in [-0.39, 0.29) is 17.8 Å². The van der Waals surface area contributed by atoms with Crippen molar-refractivity contribution in [2.75, 3.05) is 30.4 Å². The predicted molar refractivity (Wildman–Crippen MR) is 189 cm³/mol. The number of aliphatic hydroxyl groups is 1. The number of nitrogens with two attached hydrogens (primary N) is 1. The van der Waals surface area contributed by atoms with Crippen molar-refractivity contribution in [3.63, 3.8) is 0 Å². The molecule has 1 fully saturated rings. The zero-order valence-corrected chi connectivity index (χ0v) is 28.9. The summed E-state index contributed by atoms with van der Waals surface area (Å²) in [5.41, 5.74) is 12.7. The van der Waals surface area contributed by atoms with Gasteiger partial charge in [0.25, 0.3) is 0 Å². The van der Waals surface area contributed by atoms with Crippen molar-refractivity contribution in [1.82, 2.24) is 25.1 Å². The molecule has 0 unspecified atom stereocenters. The standard InChI is InChI=1S/C37H42N8O5/c1-21(2)33-29(19-41-37(43-33)45-12-10-27(46)11-13-45)31(47)17-26(38)15-25-16-28(48-5)9-8-24(25)18-39-36-40-20-30(35-22(3)23(4)44-50-35)34(42-36)32-7-6-14-49-32/h6-9,14,16-17,19-21,27,46H,10-13,15,18,38H2,1-5H3,(H,39,40,42). The second kappa shape index (κ2) is 14.9. The van der Waals surface area contributed by atoms with Gasteiger partial charge in [0.1, 0.15) is 11.4 Å². The van der Waals surface area contributed by atoms with E-state index in [0.29, 0.717) is 96.3 Å². The van der Waals surface area contributed by atoms with E-state index in [9.17, 15) is 9.90 Å². The number of benzene rings is 1. The number of aliphatic hydroxyl groups excluding tert-OH is 1. The van der Waals surface area contributed by atoms with Crippen molar-refractivity contribution in [2.45, 2.75) is 65.5 Å². The SMILES string of the molecule is COc1ccc(CNc2ncc(-c3onc(C)c3C)c(-c3ccco3)n2)c(CC(N)=CC(=O)c2cnc(N3CCC(O)CC3)nc2C(C)C)c1. The van der Waals surface area contributed by atoms with Crippen LogP contribution < -0.4 is 20.7 Å². The van der Waals surface area contributed by atoms with Crippen LogP contribution in [0.15, 0.2) is 69.7 Å². The van der Waals surface area contributed by atoms with Gasteiger partial charge in [0.15, 0.2) is 17.3 Å². The quantitative estimate of drug-likeness (QED) is 0.107. The molecular weight excluding hydrogens is 636 g/mol. The molecule has 4 N–H and O–H groups in total. The number of methoxy groups -OCH3 is 1. The number of rotatable bonds is 12. The summed E-state index contributed by atoms with van der Waals surface area (Å²) < 4.78 is 16.8. The number of piperidine rings is 1. The fourth-order valence-electron chi connectivity index (χ4n) is 5.89. The molecule has 260 valence electrons. The Labute approximate surface area is 290 Å². The summed E-state index contributed by atoms with van der Waals surface area (Å²) in [5.74, 6) is 2.51. The lowest BCUT2D eigenvalue weighted by atomic mass is 9.99. The van der Waals surface area contributed by atoms with Crippen LogP contribution in [0.4, 0.5) is 11.9 Å². The number of hydrogen-bond donors (Lipinski definition) is 3. The van der Waals surface area contributed by atoms with Gasteiger partial charge in [-0.15, -0.1) is 0 Å². The number of ether oxygens (including phenoxy) is 1. The zero-order valence-electron chi connectivity index (χ0n) is 28.9. The molecule has 0 aliphatic carbocycles. The normalized spacial score (nSPS) is 14.0. The summed E-state index contributed by atoms with van der Waals surface area (Å²) in [6.07, 6.45) is 7.64. The van der Waals surface area contributed by atoms with E-state index in [1.165, 1.54) is 6.08 Å². The van der Waals surface area contributed by atoms with Crippen LogP contribution in [0, 0.1) is 13.8 Å². The van der Waals surface area contributed by atoms with Crippen LogP contribution in [-0.2, 0) is 13.0 Å². The Morgan fingerprint density at radius 2 is 1.94 bits per heavy atom. The van der Waals surface area contributed by atoms with Crippen LogP contribution in [-0.4, -0.2) is 62.3 Å². The van der Waals surface area contributed by atoms with Gasteiger partial charge in [-0.1, -0.05) is 25.1 Å². The molecule has 50 heavy (non-hydrogen) atoms. The molecule has 13 heteroatoms. The van der Waals surface area contributed by atoms with Crippen LogP contribution in [0.2, 0.25) is 0 Å². The molecule has 5 heterocycles. The number of anilines is 2. The van der Waals surface area contributed by atoms with E-state index >= 15 is 0 Å². The fraction of sp³-hybridized carbons (Fsp3) is 0.351. The van der Waals surface area contributed by atoms with Crippen molar-refractivity contribution >= 4 is 17.7 Å². The van der Waals surface area contributed by atoms with Gasteiger partial charge in [-0.3, -0.25) is 4.79 Å². The highest BCUT2D eigenvalue weighted by Gasteiger charge is 2.23. The van der Waals surface area contributed by atoms with Crippen molar-refractivity contribution < 1.29 is 23.6 Å². The summed E-state index contributed by atoms with van der Waals surface area (Å²) in [4.78, 5) is 34.2. The first kappa shape index (κ1) is 34.3. The number of aromatic nitrogens is 5. The molecule has 0 spiro atoms. The average Bonchev–Trinajstić information content (AvgIpc) is 3.77. The van der Waals surface area contributed by atoms with Crippen molar-refractivity contribution in [2.24, 2.45) is 5.73 Å². The maximum absolute atomic E-state index is 13.5. The number of carbonyl (C=O) groups is 1. The van der Waals surface area contributed by atoms with Gasteiger partial charge in [0, 0.05) is 55.8 Å². The van der Waals surface area contributed by atoms with Gasteiger partial charge in [-0.2, -0.15) is 0 Å². The monoisotopic (exact) mass is 678 g/mol. The highest BCUT2D eigenvalue weighted by molar-refractivity contribution is 6.05. The molecular formula is C37H42N8O5. The molecule has 6 rings (SSSR count). The van der Waals surface area contributed by atoms with Gasteiger partial charge < -0.3 is 34.7 Å². The number of furan rings is 1. The molecule has 1 aliphatic rings. The Hall–Kier alpha value is -5.56. The molecule has 13 nitrogen and oxygen atoms in total. The topological polar surface area (TPSA) is 179 Å². The summed E-state index contributed by atoms with van der Waals surface area (Å²) >= 11 is 0. The minimum Gasteiger partial charge on any atom is -0.497 e. The van der Waals surface area contributed by atoms with Crippen molar-refractivity contribution in [1.29, 1.82) is 0 Å². The van der Waals surface area contributed by atoms with Crippen LogP contribution in [0.25, 0.3) is 22.8 Å². The van der Waals surface area contributed by atoms with Gasteiger partial charge in [0.2, 0.25) is 11.9 Å². The van der Waals surface area contributed by atoms with E-state index < -0.39 is 0 Å². The highest BCUT2D eigenvalue weighted by atomic mass is 16.5. The Morgan fingerprint density at radius 1 is 1.14 bits per heavy atom. The molecule has 1 aliphatic heterocycles. The van der Waals surface area contributed by atoms with E-state index in [1.54, 1.807) is 31.8 Å². The number of ketones is 1. The summed E-state index contributed by atoms with van der Waals surface area (Å²) in [6, 6.07) is 9.35. The van der Waals surface area contributed by atoms with Gasteiger partial charge >= 0.3 is 0 Å². The average molecular weight is 679 g/mol. The third-order valence-corrected chi connectivity index (χ3v) is 8.87. The first-order valence-electron chi connectivity index (χ1n) is 16.6. The van der Waals surface area contributed by atoms with E-state index in [1.807, 2.05) is 56.9 Å². The molecule has 0 radical (unpaired) electrons. The predicted octanol–water partition coefficient (Wildman–Crippen LogP) is 5.77. The van der Waals surface area contributed by atoms with Crippen LogP contribution >= 0.6 is 0 Å². The van der Waals surface area contributed by atoms with Crippen molar-refractivity contribution in [3.8, 4) is 28.5 Å². The molecule has 4 aromatic heterocycles. The zero-order chi connectivity index (χ0) is 35.4. The van der Waals surface area contributed by atoms with E-state index in [0.717, 1.165) is 22.4 Å². The number of aryl methyl sites for hydroxylation is 1. The first-order valence-corrected chi connectivity index (χ1v) is 16.6. The minimum atomic E-state index is -0.301. The molecule has 0 atom stereocenters. The van der Waals surface area contributed by atoms with E-state index in [2.05, 4.69) is 20.4 Å². The maximum Gasteiger partial charge on any atom is 0.225 e. The Bertz CT molecular complexity index is 2000. The molecule has 0 saturated carbocycles. The Morgan fingerprint density at radius 3 is 2.62 bits per heavy atom. The lowest BCUT2D eigenvalue weighted by Crippen LogP contribution is -2.37. The Kier molecular flexibility index (Phi) is 10.2. The van der Waals surface area contributed by atoms with Gasteiger partial charge in [-0.05, 0) is 68.0 Å². The number of nitrogens with one attached hydrogen (secondary N) is 1. The third-order valence-electron chi connectivity index (χ3n) is 8.87. The van der Waals surface area contributed by atoms with Crippen LogP contribution in [0.1, 0.15) is 71.0 Å². The molecule has 0 bridgehead atoms. The lowest BCUT2D eigenvalue weighted by Gasteiger charge is -2.30. The van der Waals surface area contributed by atoms with Gasteiger partial charge in [0.05, 0.1) is 42.0 Å². The number of allylic oxidation sites excluding steroid dienone is 2. The van der Waals surface area contributed by atoms with E-state index in [4.69, 9.17) is 29.4 Å². The lowest BCUT2D eigenvalue weighted by molar-refractivity contribution is 0.104. The number of nitrogens with zero attached hydrogens (tertiary/aromatic N) is 6. The molecule has 1 saturated heterocycles. The largest absolute Gasteiger partial charge is 0.497 e. The van der Waals surface area contributed by atoms with Crippen LogP contribution in [0.3, 0.4) is 0 Å². The maximum atomic E-state index is 13.5. The summed E-state index contributed by atoms with van der Waals surface area (Å²) in [5, 5.41) is 17.3. The first-order chi connectivity index (χ1) is 24.1. The summed E-state index contributed by atoms with van der Waals surface area (Å²) in [6.45, 7) is 9.52. The second-order valence-electron chi connectivity index (χ2n) is 12.7. The molecule has 0 amide bonds. The van der Waals surface area contributed by atoms with Gasteiger partial charge in [-0.25, -0.2) is 19.9 Å².